The topological polar surface area (TPSA) is 60.2 Å². The van der Waals surface area contributed by atoms with Crippen LogP contribution < -0.4 is 11.3 Å². The number of nitrogens with two attached hydrogens (primary N) is 1. The molecule has 100 valence electrons. The Hall–Kier alpha value is -1.49. The van der Waals surface area contributed by atoms with Gasteiger partial charge in [0.15, 0.2) is 0 Å². The number of hydrogen-bond acceptors (Lipinski definition) is 4. The highest BCUT2D eigenvalue weighted by molar-refractivity contribution is 5.85. The number of ether oxygens (including phenoxy) is 1. The van der Waals surface area contributed by atoms with Gasteiger partial charge in [0.05, 0.1) is 12.1 Å². The third kappa shape index (κ3) is 2.23. The van der Waals surface area contributed by atoms with Gasteiger partial charge in [-0.15, -0.1) is 0 Å². The second kappa shape index (κ2) is 5.25. The summed E-state index contributed by atoms with van der Waals surface area (Å²) < 4.78 is 5.85. The van der Waals surface area contributed by atoms with Crippen LogP contribution in [-0.4, -0.2) is 17.7 Å². The second-order valence-electron chi connectivity index (χ2n) is 5.20. The van der Waals surface area contributed by atoms with Crippen LogP contribution in [0.4, 0.5) is 0 Å². The predicted octanol–water partition coefficient (Wildman–Crippen LogP) is 2.16. The Morgan fingerprint density at radius 3 is 2.95 bits per heavy atom. The Morgan fingerprint density at radius 2 is 2.21 bits per heavy atom. The number of aromatic nitrogens is 1. The van der Waals surface area contributed by atoms with Gasteiger partial charge in [-0.25, -0.2) is 0 Å². The maximum Gasteiger partial charge on any atom is 0.0809 e. The molecule has 4 nitrogen and oxygen atoms in total. The number of fused-ring (bicyclic) bond motifs is 1. The van der Waals surface area contributed by atoms with E-state index in [4.69, 9.17) is 10.6 Å². The number of nitrogens with one attached hydrogen (secondary N) is 1. The van der Waals surface area contributed by atoms with Crippen molar-refractivity contribution in [1.29, 1.82) is 0 Å². The fourth-order valence-electron chi connectivity index (χ4n) is 2.89. The molecule has 1 aliphatic rings. The molecule has 3 rings (SSSR count). The van der Waals surface area contributed by atoms with E-state index in [1.165, 1.54) is 5.39 Å². The summed E-state index contributed by atoms with van der Waals surface area (Å²) in [7, 11) is 0. The largest absolute Gasteiger partial charge is 0.376 e. The molecule has 1 fully saturated rings. The highest BCUT2D eigenvalue weighted by Crippen LogP contribution is 2.33. The molecule has 0 saturated carbocycles. The lowest BCUT2D eigenvalue weighted by Gasteiger charge is -2.26. The zero-order valence-electron chi connectivity index (χ0n) is 11.0. The number of nitrogens with zero attached hydrogens (tertiary/aromatic N) is 1. The molecule has 1 aromatic heterocycles. The molecule has 1 aromatic carbocycles. The van der Waals surface area contributed by atoms with Crippen molar-refractivity contribution >= 4 is 10.8 Å². The van der Waals surface area contributed by atoms with E-state index < -0.39 is 0 Å². The van der Waals surface area contributed by atoms with Gasteiger partial charge in [0.25, 0.3) is 0 Å². The summed E-state index contributed by atoms with van der Waals surface area (Å²) in [4.78, 5) is 4.33. The molecule has 0 aliphatic carbocycles. The lowest BCUT2D eigenvalue weighted by atomic mass is 9.91. The van der Waals surface area contributed by atoms with E-state index in [-0.39, 0.29) is 12.1 Å². The minimum absolute atomic E-state index is 0.0175. The van der Waals surface area contributed by atoms with E-state index in [1.807, 2.05) is 24.5 Å². The Kier molecular flexibility index (Phi) is 3.46. The van der Waals surface area contributed by atoms with E-state index in [2.05, 4.69) is 29.5 Å². The van der Waals surface area contributed by atoms with Crippen molar-refractivity contribution in [2.45, 2.75) is 25.5 Å². The molecule has 3 unspecified atom stereocenters. The van der Waals surface area contributed by atoms with Crippen LogP contribution in [0.3, 0.4) is 0 Å². The van der Waals surface area contributed by atoms with Crippen molar-refractivity contribution in [1.82, 2.24) is 10.4 Å². The van der Waals surface area contributed by atoms with Crippen molar-refractivity contribution in [2.24, 2.45) is 11.8 Å². The first-order valence-electron chi connectivity index (χ1n) is 6.71. The molecule has 0 radical (unpaired) electrons. The molecule has 3 N–H and O–H groups in total. The summed E-state index contributed by atoms with van der Waals surface area (Å²) in [5, 5.41) is 2.31. The molecule has 1 aliphatic heterocycles. The van der Waals surface area contributed by atoms with Gasteiger partial charge in [0, 0.05) is 24.4 Å². The summed E-state index contributed by atoms with van der Waals surface area (Å²) in [6.45, 7) is 3.02. The number of hydrazine groups is 1. The highest BCUT2D eigenvalue weighted by atomic mass is 16.5. The van der Waals surface area contributed by atoms with Crippen LogP contribution in [0.15, 0.2) is 36.7 Å². The monoisotopic (exact) mass is 257 g/mol. The van der Waals surface area contributed by atoms with Gasteiger partial charge in [-0.2, -0.15) is 0 Å². The number of pyridine rings is 1. The average Bonchev–Trinajstić information content (AvgIpc) is 2.86. The third-order valence-corrected chi connectivity index (χ3v) is 3.99. The summed E-state index contributed by atoms with van der Waals surface area (Å²) in [5.41, 5.74) is 4.03. The molecule has 4 heteroatoms. The molecule has 0 bridgehead atoms. The fraction of sp³-hybridized carbons (Fsp3) is 0.400. The van der Waals surface area contributed by atoms with Crippen LogP contribution in [0.5, 0.6) is 0 Å². The van der Waals surface area contributed by atoms with E-state index in [1.54, 1.807) is 0 Å². The fourth-order valence-corrected chi connectivity index (χ4v) is 2.89. The number of benzene rings is 1. The van der Waals surface area contributed by atoms with Crippen LogP contribution in [0.2, 0.25) is 0 Å². The maximum atomic E-state index is 5.85. The van der Waals surface area contributed by atoms with Crippen molar-refractivity contribution in [3.63, 3.8) is 0 Å². The number of hydrogen-bond donors (Lipinski definition) is 2. The number of rotatable bonds is 3. The molecule has 19 heavy (non-hydrogen) atoms. The van der Waals surface area contributed by atoms with Crippen LogP contribution in [0, 0.1) is 5.92 Å². The Bertz CT molecular complexity index is 567. The smallest absolute Gasteiger partial charge is 0.0809 e. The van der Waals surface area contributed by atoms with Gasteiger partial charge in [-0.1, -0.05) is 31.2 Å². The molecule has 0 spiro atoms. The van der Waals surface area contributed by atoms with Gasteiger partial charge in [0.2, 0.25) is 0 Å². The average molecular weight is 257 g/mol. The minimum Gasteiger partial charge on any atom is -0.376 e. The first kappa shape index (κ1) is 12.5. The quantitative estimate of drug-likeness (QED) is 0.653. The summed E-state index contributed by atoms with van der Waals surface area (Å²) in [6.07, 6.45) is 4.96. The van der Waals surface area contributed by atoms with Crippen LogP contribution in [0.25, 0.3) is 10.8 Å². The zero-order valence-corrected chi connectivity index (χ0v) is 11.0. The van der Waals surface area contributed by atoms with E-state index >= 15 is 0 Å². The predicted molar refractivity (Wildman–Crippen MR) is 75.3 cm³/mol. The van der Waals surface area contributed by atoms with Crippen molar-refractivity contribution in [2.75, 3.05) is 6.61 Å². The van der Waals surface area contributed by atoms with Gasteiger partial charge in [-0.3, -0.25) is 16.3 Å². The zero-order chi connectivity index (χ0) is 13.2. The maximum absolute atomic E-state index is 5.85. The van der Waals surface area contributed by atoms with Gasteiger partial charge in [-0.05, 0) is 23.3 Å². The van der Waals surface area contributed by atoms with Crippen molar-refractivity contribution < 1.29 is 4.74 Å². The molecule has 1 saturated heterocycles. The van der Waals surface area contributed by atoms with Crippen LogP contribution in [-0.2, 0) is 4.74 Å². The lowest BCUT2D eigenvalue weighted by Crippen LogP contribution is -2.38. The highest BCUT2D eigenvalue weighted by Gasteiger charge is 2.33. The van der Waals surface area contributed by atoms with Gasteiger partial charge >= 0.3 is 0 Å². The molecule has 3 atom stereocenters. The Balaban J connectivity index is 2.06. The molecular weight excluding hydrogens is 238 g/mol. The first-order valence-corrected chi connectivity index (χ1v) is 6.71. The SMILES string of the molecule is CC1CCOC1C(NN)c1cncc2ccccc12. The molecule has 2 heterocycles. The van der Waals surface area contributed by atoms with Crippen LogP contribution in [0.1, 0.15) is 24.9 Å². The van der Waals surface area contributed by atoms with Gasteiger partial charge in [0.1, 0.15) is 0 Å². The third-order valence-electron chi connectivity index (χ3n) is 3.99. The lowest BCUT2D eigenvalue weighted by molar-refractivity contribution is 0.0610. The molecular formula is C15H19N3O. The Labute approximate surface area is 112 Å². The summed E-state index contributed by atoms with van der Waals surface area (Å²) in [6, 6.07) is 8.22. The minimum atomic E-state index is -0.0175. The van der Waals surface area contributed by atoms with E-state index in [9.17, 15) is 0 Å². The summed E-state index contributed by atoms with van der Waals surface area (Å²) >= 11 is 0. The summed E-state index contributed by atoms with van der Waals surface area (Å²) in [5.74, 6) is 6.28. The second-order valence-corrected chi connectivity index (χ2v) is 5.20. The van der Waals surface area contributed by atoms with Gasteiger partial charge < -0.3 is 4.74 Å². The normalized spacial score (nSPS) is 24.7. The van der Waals surface area contributed by atoms with E-state index in [0.29, 0.717) is 5.92 Å². The van der Waals surface area contributed by atoms with Crippen LogP contribution >= 0.6 is 0 Å². The first-order chi connectivity index (χ1) is 9.31. The Morgan fingerprint density at radius 1 is 1.37 bits per heavy atom. The molecule has 0 amide bonds. The van der Waals surface area contributed by atoms with E-state index in [0.717, 1.165) is 24.0 Å². The van der Waals surface area contributed by atoms with Crippen molar-refractivity contribution in [3.8, 4) is 0 Å². The van der Waals surface area contributed by atoms with Crippen molar-refractivity contribution in [3.05, 3.63) is 42.2 Å². The molecule has 2 aromatic rings. The standard InChI is InChI=1S/C15H19N3O/c1-10-6-7-19-15(10)14(18-16)13-9-17-8-11-4-2-3-5-12(11)13/h2-5,8-10,14-15,18H,6-7,16H2,1H3.